The molecule has 0 saturated carbocycles. The molecule has 0 radical (unpaired) electrons. The number of hydroxylamine groups is 2. The van der Waals surface area contributed by atoms with Crippen molar-refractivity contribution in [1.29, 1.82) is 0 Å². The monoisotopic (exact) mass is 441 g/mol. The van der Waals surface area contributed by atoms with Crippen LogP contribution in [0.4, 0.5) is 4.79 Å². The number of carbonyl (C=O) groups is 1. The Labute approximate surface area is 185 Å². The second kappa shape index (κ2) is 9.16. The zero-order valence-electron chi connectivity index (χ0n) is 16.8. The third-order valence-corrected chi connectivity index (χ3v) is 6.95. The number of halogens is 1. The smallest absolute Gasteiger partial charge is 0.323 e. The van der Waals surface area contributed by atoms with Crippen molar-refractivity contribution in [2.45, 2.75) is 25.7 Å². The van der Waals surface area contributed by atoms with Gasteiger partial charge in [-0.15, -0.1) is 11.3 Å². The average Bonchev–Trinajstić information content (AvgIpc) is 3.25. The molecule has 7 heteroatoms. The van der Waals surface area contributed by atoms with Gasteiger partial charge in [-0.25, -0.2) is 14.8 Å². The number of likely N-dealkylation sites (tertiary alicyclic amines) is 1. The van der Waals surface area contributed by atoms with E-state index in [0.29, 0.717) is 24.0 Å². The van der Waals surface area contributed by atoms with Crippen LogP contribution in [0, 0.1) is 0 Å². The molecule has 2 heterocycles. The topological polar surface area (TPSA) is 56.7 Å². The number of rotatable bonds is 4. The van der Waals surface area contributed by atoms with Crippen LogP contribution in [0.1, 0.15) is 30.7 Å². The number of carbonyl (C=O) groups excluding carboxylic acids is 1. The third kappa shape index (κ3) is 4.36. The summed E-state index contributed by atoms with van der Waals surface area (Å²) in [6.07, 6.45) is 1.68. The number of amides is 2. The van der Waals surface area contributed by atoms with Gasteiger partial charge in [-0.3, -0.25) is 5.21 Å². The molecule has 156 valence electrons. The summed E-state index contributed by atoms with van der Waals surface area (Å²) in [4.78, 5) is 20.1. The number of nitrogens with zero attached hydrogens (tertiary/aromatic N) is 3. The number of hydrogen-bond acceptors (Lipinski definition) is 4. The highest BCUT2D eigenvalue weighted by Gasteiger charge is 2.29. The molecule has 1 N–H and O–H groups in total. The first kappa shape index (κ1) is 20.8. The van der Waals surface area contributed by atoms with E-state index in [4.69, 9.17) is 16.6 Å². The molecule has 1 saturated heterocycles. The van der Waals surface area contributed by atoms with Crippen LogP contribution in [-0.2, 0) is 0 Å². The Morgan fingerprint density at radius 2 is 1.80 bits per heavy atom. The minimum absolute atomic E-state index is 0.288. The van der Waals surface area contributed by atoms with Crippen LogP contribution in [0.15, 0.2) is 54.6 Å². The van der Waals surface area contributed by atoms with Gasteiger partial charge in [0.15, 0.2) is 0 Å². The van der Waals surface area contributed by atoms with E-state index in [0.717, 1.165) is 44.6 Å². The van der Waals surface area contributed by atoms with Crippen molar-refractivity contribution in [3.63, 3.8) is 0 Å². The third-order valence-electron chi connectivity index (χ3n) is 5.43. The van der Waals surface area contributed by atoms with Gasteiger partial charge in [-0.05, 0) is 37.5 Å². The first-order valence-electron chi connectivity index (χ1n) is 10.1. The number of benzene rings is 2. The maximum absolute atomic E-state index is 12.2. The summed E-state index contributed by atoms with van der Waals surface area (Å²) < 4.78 is 0. The van der Waals surface area contributed by atoms with Gasteiger partial charge in [0.1, 0.15) is 0 Å². The van der Waals surface area contributed by atoms with E-state index in [1.807, 2.05) is 42.5 Å². The van der Waals surface area contributed by atoms with Crippen molar-refractivity contribution < 1.29 is 10.0 Å². The van der Waals surface area contributed by atoms with Crippen LogP contribution >= 0.6 is 22.9 Å². The molecule has 2 amide bonds. The molecule has 0 aliphatic carbocycles. The highest BCUT2D eigenvalue weighted by atomic mass is 35.5. The van der Waals surface area contributed by atoms with E-state index in [2.05, 4.69) is 12.1 Å². The maximum atomic E-state index is 12.2. The van der Waals surface area contributed by atoms with E-state index < -0.39 is 0 Å². The lowest BCUT2D eigenvalue weighted by Crippen LogP contribution is -2.45. The maximum Gasteiger partial charge on any atom is 0.343 e. The Hall–Kier alpha value is -2.41. The minimum atomic E-state index is -0.318. The zero-order chi connectivity index (χ0) is 21.1. The van der Waals surface area contributed by atoms with Crippen LogP contribution in [-0.4, -0.2) is 45.8 Å². The van der Waals surface area contributed by atoms with E-state index in [9.17, 15) is 10.0 Å². The molecule has 0 atom stereocenters. The summed E-state index contributed by atoms with van der Waals surface area (Å²) in [6, 6.07) is 17.8. The predicted molar refractivity (Wildman–Crippen MR) is 121 cm³/mol. The van der Waals surface area contributed by atoms with Crippen molar-refractivity contribution in [2.75, 3.05) is 19.6 Å². The Balaban J connectivity index is 1.61. The fourth-order valence-electron chi connectivity index (χ4n) is 3.72. The summed E-state index contributed by atoms with van der Waals surface area (Å²) in [5, 5.41) is 12.3. The predicted octanol–water partition coefficient (Wildman–Crippen LogP) is 6.14. The van der Waals surface area contributed by atoms with Gasteiger partial charge in [0.25, 0.3) is 0 Å². The van der Waals surface area contributed by atoms with Crippen LogP contribution in [0.3, 0.4) is 0 Å². The van der Waals surface area contributed by atoms with Crippen LogP contribution in [0.5, 0.6) is 0 Å². The van der Waals surface area contributed by atoms with Crippen molar-refractivity contribution in [2.24, 2.45) is 0 Å². The summed E-state index contributed by atoms with van der Waals surface area (Å²) in [7, 11) is 0. The molecule has 1 aliphatic heterocycles. The fourth-order valence-corrected chi connectivity index (χ4v) is 5.10. The van der Waals surface area contributed by atoms with Gasteiger partial charge in [0.05, 0.1) is 15.6 Å². The standard InChI is InChI=1S/C23H24ClN3O2S/c1-2-27(29)23(28)26-14-12-18(13-15-26)22-25-20(16-8-10-19(24)11-9-16)21(30-22)17-6-4-3-5-7-17/h3-11,18,29H,2,12-15H2,1H3. The van der Waals surface area contributed by atoms with Crippen molar-refractivity contribution in [3.8, 4) is 21.7 Å². The normalized spacial score (nSPS) is 14.7. The van der Waals surface area contributed by atoms with Gasteiger partial charge in [0, 0.05) is 36.1 Å². The molecule has 1 fully saturated rings. The number of hydrogen-bond donors (Lipinski definition) is 1. The summed E-state index contributed by atoms with van der Waals surface area (Å²) >= 11 is 7.81. The highest BCUT2D eigenvalue weighted by molar-refractivity contribution is 7.15. The number of aromatic nitrogens is 1. The summed E-state index contributed by atoms with van der Waals surface area (Å²) in [5.74, 6) is 0.302. The molecule has 2 aromatic carbocycles. The Morgan fingerprint density at radius 1 is 1.13 bits per heavy atom. The highest BCUT2D eigenvalue weighted by Crippen LogP contribution is 2.41. The van der Waals surface area contributed by atoms with Crippen molar-refractivity contribution >= 4 is 29.0 Å². The Kier molecular flexibility index (Phi) is 6.37. The van der Waals surface area contributed by atoms with Gasteiger partial charge in [-0.1, -0.05) is 54.1 Å². The number of urea groups is 1. The minimum Gasteiger partial charge on any atom is -0.323 e. The molecular formula is C23H24ClN3O2S. The molecule has 4 rings (SSSR count). The van der Waals surface area contributed by atoms with Crippen LogP contribution in [0.25, 0.3) is 21.7 Å². The molecule has 3 aromatic rings. The average molecular weight is 442 g/mol. The second-order valence-electron chi connectivity index (χ2n) is 7.36. The molecule has 5 nitrogen and oxygen atoms in total. The molecular weight excluding hydrogens is 418 g/mol. The van der Waals surface area contributed by atoms with E-state index >= 15 is 0 Å². The lowest BCUT2D eigenvalue weighted by Gasteiger charge is -2.32. The molecule has 0 unspecified atom stereocenters. The number of thiazole rings is 1. The van der Waals surface area contributed by atoms with E-state index in [1.165, 1.54) is 0 Å². The zero-order valence-corrected chi connectivity index (χ0v) is 18.4. The largest absolute Gasteiger partial charge is 0.343 e. The van der Waals surface area contributed by atoms with Gasteiger partial charge in [-0.2, -0.15) is 0 Å². The van der Waals surface area contributed by atoms with E-state index in [-0.39, 0.29) is 12.6 Å². The lowest BCUT2D eigenvalue weighted by molar-refractivity contribution is -0.0542. The summed E-state index contributed by atoms with van der Waals surface area (Å²) in [5.41, 5.74) is 3.17. The molecule has 1 aromatic heterocycles. The molecule has 30 heavy (non-hydrogen) atoms. The van der Waals surface area contributed by atoms with Gasteiger partial charge < -0.3 is 4.90 Å². The molecule has 0 spiro atoms. The van der Waals surface area contributed by atoms with Gasteiger partial charge in [0.2, 0.25) is 0 Å². The lowest BCUT2D eigenvalue weighted by atomic mass is 9.97. The Morgan fingerprint density at radius 3 is 2.43 bits per heavy atom. The van der Waals surface area contributed by atoms with Crippen LogP contribution < -0.4 is 0 Å². The molecule has 0 bridgehead atoms. The summed E-state index contributed by atoms with van der Waals surface area (Å²) in [6.45, 7) is 3.29. The first-order valence-corrected chi connectivity index (χ1v) is 11.3. The Bertz CT molecular complexity index is 999. The second-order valence-corrected chi connectivity index (χ2v) is 8.83. The van der Waals surface area contributed by atoms with Crippen molar-refractivity contribution in [1.82, 2.24) is 14.9 Å². The van der Waals surface area contributed by atoms with Crippen molar-refractivity contribution in [3.05, 3.63) is 64.6 Å². The fraction of sp³-hybridized carbons (Fsp3) is 0.304. The van der Waals surface area contributed by atoms with E-state index in [1.54, 1.807) is 23.2 Å². The van der Waals surface area contributed by atoms with Gasteiger partial charge >= 0.3 is 6.03 Å². The molecule has 1 aliphatic rings. The number of piperidine rings is 1. The SMILES string of the molecule is CCN(O)C(=O)N1CCC(c2nc(-c3ccc(Cl)cc3)c(-c3ccccc3)s2)CC1. The first-order chi connectivity index (χ1) is 14.6. The van der Waals surface area contributed by atoms with Crippen LogP contribution in [0.2, 0.25) is 5.02 Å². The quantitative estimate of drug-likeness (QED) is 0.390.